The SMILES string of the molecule is O=C(O)CNC(=O)COc1ccc2c(c1)OC(=Cc1c(F)cccc1Cl)C2=O. The van der Waals surface area contributed by atoms with Gasteiger partial charge in [0.2, 0.25) is 5.78 Å². The lowest BCUT2D eigenvalue weighted by Gasteiger charge is -2.07. The number of carboxylic acids is 1. The molecule has 0 saturated heterocycles. The van der Waals surface area contributed by atoms with Crippen LogP contribution in [0.1, 0.15) is 15.9 Å². The minimum absolute atomic E-state index is 0.0342. The molecule has 0 unspecified atom stereocenters. The quantitative estimate of drug-likeness (QED) is 0.716. The summed E-state index contributed by atoms with van der Waals surface area (Å²) < 4.78 is 24.7. The smallest absolute Gasteiger partial charge is 0.322 e. The van der Waals surface area contributed by atoms with E-state index in [4.69, 9.17) is 26.2 Å². The lowest BCUT2D eigenvalue weighted by atomic mass is 10.1. The van der Waals surface area contributed by atoms with E-state index in [-0.39, 0.29) is 33.4 Å². The number of ether oxygens (including phenoxy) is 2. The van der Waals surface area contributed by atoms with Crippen LogP contribution < -0.4 is 14.8 Å². The van der Waals surface area contributed by atoms with E-state index in [1.54, 1.807) is 0 Å². The number of hydrogen-bond donors (Lipinski definition) is 2. The molecule has 7 nitrogen and oxygen atoms in total. The van der Waals surface area contributed by atoms with Gasteiger partial charge in [-0.15, -0.1) is 0 Å². The van der Waals surface area contributed by atoms with Gasteiger partial charge in [0.1, 0.15) is 23.9 Å². The molecule has 0 saturated carbocycles. The number of ketones is 1. The van der Waals surface area contributed by atoms with Gasteiger partial charge in [-0.2, -0.15) is 0 Å². The number of hydrogen-bond acceptors (Lipinski definition) is 5. The standard InChI is InChI=1S/C19H13ClFNO6/c20-13-2-1-3-14(21)12(13)7-16-19(26)11-5-4-10(6-15(11)28-16)27-9-17(23)22-8-18(24)25/h1-7H,8-9H2,(H,22,23)(H,24,25). The molecule has 0 radical (unpaired) electrons. The third kappa shape index (κ3) is 4.29. The summed E-state index contributed by atoms with van der Waals surface area (Å²) in [6, 6.07) is 8.47. The predicted octanol–water partition coefficient (Wildman–Crippen LogP) is 2.67. The summed E-state index contributed by atoms with van der Waals surface area (Å²) in [6.07, 6.45) is 1.22. The third-order valence-corrected chi connectivity index (χ3v) is 4.05. The molecule has 0 atom stereocenters. The van der Waals surface area contributed by atoms with Crippen LogP contribution in [0.5, 0.6) is 11.5 Å². The van der Waals surface area contributed by atoms with E-state index in [9.17, 15) is 18.8 Å². The van der Waals surface area contributed by atoms with Crippen LogP contribution in [0.25, 0.3) is 6.08 Å². The number of carbonyl (C=O) groups excluding carboxylic acids is 2. The molecule has 3 rings (SSSR count). The fourth-order valence-corrected chi connectivity index (χ4v) is 2.63. The molecule has 0 spiro atoms. The number of rotatable bonds is 6. The zero-order chi connectivity index (χ0) is 20.3. The molecule has 0 aliphatic carbocycles. The Kier molecular flexibility index (Phi) is 5.60. The summed E-state index contributed by atoms with van der Waals surface area (Å²) in [5.74, 6) is -2.50. The van der Waals surface area contributed by atoms with Crippen LogP contribution in [-0.4, -0.2) is 35.9 Å². The zero-order valence-corrected chi connectivity index (χ0v) is 15.0. The first-order valence-corrected chi connectivity index (χ1v) is 8.36. The summed E-state index contributed by atoms with van der Waals surface area (Å²) in [7, 11) is 0. The van der Waals surface area contributed by atoms with Gasteiger partial charge in [-0.3, -0.25) is 14.4 Å². The molecule has 1 aliphatic heterocycles. The molecular weight excluding hydrogens is 393 g/mol. The maximum absolute atomic E-state index is 13.9. The number of Topliss-reactive ketones (excluding diaryl/α,β-unsaturated/α-hetero) is 1. The highest BCUT2D eigenvalue weighted by Crippen LogP contribution is 2.35. The third-order valence-electron chi connectivity index (χ3n) is 3.72. The average molecular weight is 406 g/mol. The number of carbonyl (C=O) groups is 3. The van der Waals surface area contributed by atoms with Gasteiger partial charge >= 0.3 is 5.97 Å². The number of amides is 1. The highest BCUT2D eigenvalue weighted by atomic mass is 35.5. The van der Waals surface area contributed by atoms with Crippen LogP contribution in [-0.2, 0) is 9.59 Å². The Morgan fingerprint density at radius 2 is 2.07 bits per heavy atom. The predicted molar refractivity (Wildman–Crippen MR) is 96.9 cm³/mol. The van der Waals surface area contributed by atoms with Crippen molar-refractivity contribution in [3.63, 3.8) is 0 Å². The van der Waals surface area contributed by atoms with E-state index in [1.165, 1.54) is 42.5 Å². The summed E-state index contributed by atoms with van der Waals surface area (Å²) in [5.41, 5.74) is 0.285. The van der Waals surface area contributed by atoms with Crippen molar-refractivity contribution < 1.29 is 33.4 Å². The van der Waals surface area contributed by atoms with Gasteiger partial charge in [0, 0.05) is 11.6 Å². The van der Waals surface area contributed by atoms with Crippen LogP contribution in [0.2, 0.25) is 5.02 Å². The van der Waals surface area contributed by atoms with Crippen LogP contribution in [0.4, 0.5) is 4.39 Å². The Hall–Kier alpha value is -3.39. The lowest BCUT2D eigenvalue weighted by Crippen LogP contribution is -2.33. The summed E-state index contributed by atoms with van der Waals surface area (Å²) in [4.78, 5) is 34.3. The second-order valence-electron chi connectivity index (χ2n) is 5.69. The largest absolute Gasteiger partial charge is 0.484 e. The Morgan fingerprint density at radius 3 is 2.79 bits per heavy atom. The molecule has 2 aromatic rings. The highest BCUT2D eigenvalue weighted by Gasteiger charge is 2.28. The van der Waals surface area contributed by atoms with Crippen molar-refractivity contribution in [3.05, 3.63) is 64.1 Å². The number of benzene rings is 2. The van der Waals surface area contributed by atoms with E-state index >= 15 is 0 Å². The summed E-state index contributed by atoms with van der Waals surface area (Å²) >= 11 is 5.96. The number of halogens is 2. The van der Waals surface area contributed by atoms with Gasteiger partial charge < -0.3 is 19.9 Å². The van der Waals surface area contributed by atoms with Crippen molar-refractivity contribution in [2.45, 2.75) is 0 Å². The zero-order valence-electron chi connectivity index (χ0n) is 14.2. The number of aliphatic carboxylic acids is 1. The molecular formula is C19H13ClFNO6. The molecule has 2 N–H and O–H groups in total. The fourth-order valence-electron chi connectivity index (χ4n) is 2.41. The molecule has 1 aliphatic rings. The first-order chi connectivity index (χ1) is 13.3. The molecule has 9 heteroatoms. The number of nitrogens with one attached hydrogen (secondary N) is 1. The lowest BCUT2D eigenvalue weighted by molar-refractivity contribution is -0.138. The molecule has 1 heterocycles. The van der Waals surface area contributed by atoms with Crippen molar-refractivity contribution in [2.24, 2.45) is 0 Å². The van der Waals surface area contributed by atoms with Crippen molar-refractivity contribution in [3.8, 4) is 11.5 Å². The van der Waals surface area contributed by atoms with Crippen LogP contribution in [0.3, 0.4) is 0 Å². The number of allylic oxidation sites excluding steroid dienone is 1. The monoisotopic (exact) mass is 405 g/mol. The Bertz CT molecular complexity index is 984. The van der Waals surface area contributed by atoms with Gasteiger partial charge in [0.15, 0.2) is 12.4 Å². The van der Waals surface area contributed by atoms with Crippen molar-refractivity contribution in [1.29, 1.82) is 0 Å². The first-order valence-electron chi connectivity index (χ1n) is 7.99. The normalized spacial score (nSPS) is 13.8. The summed E-state index contributed by atoms with van der Waals surface area (Å²) in [5, 5.41) is 10.8. The topological polar surface area (TPSA) is 102 Å². The van der Waals surface area contributed by atoms with Crippen molar-refractivity contribution >= 4 is 35.3 Å². The maximum atomic E-state index is 13.9. The van der Waals surface area contributed by atoms with Crippen molar-refractivity contribution in [1.82, 2.24) is 5.32 Å². The Labute approximate surface area is 163 Å². The van der Waals surface area contributed by atoms with Gasteiger partial charge in [0.05, 0.1) is 10.6 Å². The Balaban J connectivity index is 1.73. The van der Waals surface area contributed by atoms with Gasteiger partial charge in [-0.1, -0.05) is 17.7 Å². The van der Waals surface area contributed by atoms with Gasteiger partial charge in [0.25, 0.3) is 5.91 Å². The van der Waals surface area contributed by atoms with E-state index in [0.29, 0.717) is 0 Å². The van der Waals surface area contributed by atoms with Gasteiger partial charge in [-0.25, -0.2) is 4.39 Å². The number of carboxylic acid groups (broad SMARTS) is 1. The van der Waals surface area contributed by atoms with Crippen LogP contribution in [0, 0.1) is 5.82 Å². The minimum Gasteiger partial charge on any atom is -0.484 e. The highest BCUT2D eigenvalue weighted by molar-refractivity contribution is 6.32. The van der Waals surface area contributed by atoms with Crippen LogP contribution in [0.15, 0.2) is 42.2 Å². The van der Waals surface area contributed by atoms with E-state index < -0.39 is 36.6 Å². The number of fused-ring (bicyclic) bond motifs is 1. The molecule has 0 bridgehead atoms. The molecule has 1 amide bonds. The molecule has 0 fully saturated rings. The molecule has 28 heavy (non-hydrogen) atoms. The van der Waals surface area contributed by atoms with E-state index in [1.807, 2.05) is 0 Å². The van der Waals surface area contributed by atoms with E-state index in [0.717, 1.165) is 0 Å². The summed E-state index contributed by atoms with van der Waals surface area (Å²) in [6.45, 7) is -0.926. The average Bonchev–Trinajstić information content (AvgIpc) is 2.96. The molecule has 2 aromatic carbocycles. The molecule has 0 aromatic heterocycles. The second kappa shape index (κ2) is 8.10. The van der Waals surface area contributed by atoms with Gasteiger partial charge in [-0.05, 0) is 30.3 Å². The maximum Gasteiger partial charge on any atom is 0.322 e. The van der Waals surface area contributed by atoms with E-state index in [2.05, 4.69) is 5.32 Å². The fraction of sp³-hybridized carbons (Fsp3) is 0.105. The van der Waals surface area contributed by atoms with Crippen molar-refractivity contribution in [2.75, 3.05) is 13.2 Å². The second-order valence-corrected chi connectivity index (χ2v) is 6.10. The minimum atomic E-state index is -1.17. The first kappa shape index (κ1) is 19.4. The Morgan fingerprint density at radius 1 is 1.29 bits per heavy atom. The molecule has 144 valence electrons. The van der Waals surface area contributed by atoms with Crippen LogP contribution >= 0.6 is 11.6 Å².